The highest BCUT2D eigenvalue weighted by Crippen LogP contribution is 2.45. The maximum absolute atomic E-state index is 12.8. The standard InChI is InChI=1S/C26H27NO3/c1-26(2)20-7-5-6-8-22(20)27-23-15-17(9-13-21(23)26)10-14-24(28)19-12-11-18(29-3)16-25(19)30-4/h5-9,11-13,15-16,27H,10,14H2,1-4H3. The average Bonchev–Trinajstić information content (AvgIpc) is 2.76. The van der Waals surface area contributed by atoms with Gasteiger partial charge in [-0.25, -0.2) is 0 Å². The molecule has 0 aliphatic carbocycles. The predicted molar refractivity (Wildman–Crippen MR) is 120 cm³/mol. The van der Waals surface area contributed by atoms with Gasteiger partial charge in [0.1, 0.15) is 11.5 Å². The number of para-hydroxylation sites is 1. The topological polar surface area (TPSA) is 47.6 Å². The number of nitrogens with one attached hydrogen (secondary N) is 1. The lowest BCUT2D eigenvalue weighted by Gasteiger charge is -2.35. The van der Waals surface area contributed by atoms with Gasteiger partial charge in [0.15, 0.2) is 5.78 Å². The summed E-state index contributed by atoms with van der Waals surface area (Å²) in [5.74, 6) is 1.28. The van der Waals surface area contributed by atoms with Crippen molar-refractivity contribution >= 4 is 17.2 Å². The highest BCUT2D eigenvalue weighted by molar-refractivity contribution is 5.99. The Labute approximate surface area is 177 Å². The summed E-state index contributed by atoms with van der Waals surface area (Å²) in [5, 5.41) is 3.57. The summed E-state index contributed by atoms with van der Waals surface area (Å²) in [4.78, 5) is 12.8. The van der Waals surface area contributed by atoms with Gasteiger partial charge < -0.3 is 14.8 Å². The van der Waals surface area contributed by atoms with E-state index in [-0.39, 0.29) is 11.2 Å². The van der Waals surface area contributed by atoms with Crippen molar-refractivity contribution < 1.29 is 14.3 Å². The number of hydrogen-bond acceptors (Lipinski definition) is 4. The van der Waals surface area contributed by atoms with E-state index in [1.54, 1.807) is 32.4 Å². The van der Waals surface area contributed by atoms with Crippen LogP contribution in [0.1, 0.15) is 47.3 Å². The summed E-state index contributed by atoms with van der Waals surface area (Å²) >= 11 is 0. The van der Waals surface area contributed by atoms with Crippen LogP contribution in [0.2, 0.25) is 0 Å². The molecule has 1 aliphatic rings. The monoisotopic (exact) mass is 401 g/mol. The lowest BCUT2D eigenvalue weighted by molar-refractivity contribution is 0.0980. The van der Waals surface area contributed by atoms with E-state index in [2.05, 4.69) is 61.6 Å². The molecule has 4 heteroatoms. The zero-order chi connectivity index (χ0) is 21.3. The van der Waals surface area contributed by atoms with Gasteiger partial charge in [0.25, 0.3) is 0 Å². The van der Waals surface area contributed by atoms with Crippen LogP contribution in [0, 0.1) is 0 Å². The first-order valence-electron chi connectivity index (χ1n) is 10.2. The molecule has 0 fully saturated rings. The number of ketones is 1. The fourth-order valence-electron chi connectivity index (χ4n) is 4.24. The summed E-state index contributed by atoms with van der Waals surface area (Å²) < 4.78 is 10.6. The van der Waals surface area contributed by atoms with E-state index in [9.17, 15) is 4.79 Å². The molecule has 0 unspecified atom stereocenters. The van der Waals surface area contributed by atoms with Crippen LogP contribution >= 0.6 is 0 Å². The summed E-state index contributed by atoms with van der Waals surface area (Å²) in [6.45, 7) is 4.51. The zero-order valence-corrected chi connectivity index (χ0v) is 17.9. The molecule has 1 aliphatic heterocycles. The van der Waals surface area contributed by atoms with Crippen molar-refractivity contribution in [2.75, 3.05) is 19.5 Å². The molecule has 4 rings (SSSR count). The molecular formula is C26H27NO3. The Morgan fingerprint density at radius 2 is 1.67 bits per heavy atom. The average molecular weight is 402 g/mol. The van der Waals surface area contributed by atoms with Gasteiger partial charge in [-0.3, -0.25) is 4.79 Å². The molecule has 154 valence electrons. The molecule has 0 amide bonds. The van der Waals surface area contributed by atoms with Gasteiger partial charge in [0.05, 0.1) is 19.8 Å². The van der Waals surface area contributed by atoms with Crippen LogP contribution in [-0.2, 0) is 11.8 Å². The molecular weight excluding hydrogens is 374 g/mol. The van der Waals surface area contributed by atoms with Crippen molar-refractivity contribution in [3.63, 3.8) is 0 Å². The lowest BCUT2D eigenvalue weighted by Crippen LogP contribution is -2.26. The van der Waals surface area contributed by atoms with Crippen LogP contribution in [-0.4, -0.2) is 20.0 Å². The molecule has 0 radical (unpaired) electrons. The molecule has 0 atom stereocenters. The molecule has 30 heavy (non-hydrogen) atoms. The molecule has 4 nitrogen and oxygen atoms in total. The van der Waals surface area contributed by atoms with E-state index >= 15 is 0 Å². The van der Waals surface area contributed by atoms with Gasteiger partial charge >= 0.3 is 0 Å². The fourth-order valence-corrected chi connectivity index (χ4v) is 4.24. The van der Waals surface area contributed by atoms with E-state index < -0.39 is 0 Å². The largest absolute Gasteiger partial charge is 0.497 e. The number of benzene rings is 3. The number of hydrogen-bond donors (Lipinski definition) is 1. The number of carbonyl (C=O) groups is 1. The van der Waals surface area contributed by atoms with Gasteiger partial charge in [-0.05, 0) is 47.4 Å². The number of fused-ring (bicyclic) bond motifs is 2. The van der Waals surface area contributed by atoms with Crippen molar-refractivity contribution in [2.24, 2.45) is 0 Å². The number of rotatable bonds is 6. The van der Waals surface area contributed by atoms with Gasteiger partial charge in [-0.2, -0.15) is 0 Å². The highest BCUT2D eigenvalue weighted by Gasteiger charge is 2.32. The van der Waals surface area contributed by atoms with Crippen LogP contribution < -0.4 is 14.8 Å². The summed E-state index contributed by atoms with van der Waals surface area (Å²) in [5.41, 5.74) is 6.49. The molecule has 0 saturated heterocycles. The van der Waals surface area contributed by atoms with E-state index in [0.29, 0.717) is 29.9 Å². The predicted octanol–water partition coefficient (Wildman–Crippen LogP) is 5.90. The molecule has 0 bridgehead atoms. The molecule has 0 spiro atoms. The maximum atomic E-state index is 12.8. The molecule has 1 heterocycles. The minimum Gasteiger partial charge on any atom is -0.497 e. The van der Waals surface area contributed by atoms with Crippen molar-refractivity contribution in [1.82, 2.24) is 0 Å². The van der Waals surface area contributed by atoms with Crippen molar-refractivity contribution in [1.29, 1.82) is 0 Å². The Kier molecular flexibility index (Phi) is 5.25. The van der Waals surface area contributed by atoms with Crippen LogP contribution in [0.25, 0.3) is 0 Å². The van der Waals surface area contributed by atoms with Gasteiger partial charge in [-0.15, -0.1) is 0 Å². The Balaban J connectivity index is 1.53. The lowest BCUT2D eigenvalue weighted by atomic mass is 9.74. The third-order valence-corrected chi connectivity index (χ3v) is 5.98. The van der Waals surface area contributed by atoms with E-state index in [1.165, 1.54) is 11.1 Å². The van der Waals surface area contributed by atoms with E-state index in [0.717, 1.165) is 16.9 Å². The maximum Gasteiger partial charge on any atom is 0.166 e. The number of methoxy groups -OCH3 is 2. The van der Waals surface area contributed by atoms with Gasteiger partial charge in [0.2, 0.25) is 0 Å². The van der Waals surface area contributed by atoms with Crippen LogP contribution in [0.4, 0.5) is 11.4 Å². The quantitative estimate of drug-likeness (QED) is 0.522. The molecule has 0 saturated carbocycles. The number of anilines is 2. The fraction of sp³-hybridized carbons (Fsp3) is 0.269. The second-order valence-corrected chi connectivity index (χ2v) is 8.16. The van der Waals surface area contributed by atoms with Crippen LogP contribution in [0.3, 0.4) is 0 Å². The summed E-state index contributed by atoms with van der Waals surface area (Å²) in [7, 11) is 3.17. The molecule has 0 aromatic heterocycles. The molecule has 3 aromatic carbocycles. The number of carbonyl (C=O) groups excluding carboxylic acids is 1. The van der Waals surface area contributed by atoms with Gasteiger partial charge in [-0.1, -0.05) is 44.2 Å². The Morgan fingerprint density at radius 1 is 0.900 bits per heavy atom. The Morgan fingerprint density at radius 3 is 2.43 bits per heavy atom. The van der Waals surface area contributed by atoms with Crippen LogP contribution in [0.5, 0.6) is 11.5 Å². The first-order valence-corrected chi connectivity index (χ1v) is 10.2. The number of ether oxygens (including phenoxy) is 2. The minimum atomic E-state index is -0.0675. The minimum absolute atomic E-state index is 0.0610. The van der Waals surface area contributed by atoms with Gasteiger partial charge in [0, 0.05) is 29.3 Å². The Bertz CT molecular complexity index is 1100. The van der Waals surface area contributed by atoms with Crippen molar-refractivity contribution in [3.05, 3.63) is 82.9 Å². The second-order valence-electron chi connectivity index (χ2n) is 8.16. The van der Waals surface area contributed by atoms with Crippen molar-refractivity contribution in [3.8, 4) is 11.5 Å². The van der Waals surface area contributed by atoms with E-state index in [4.69, 9.17) is 9.47 Å². The third-order valence-electron chi connectivity index (χ3n) is 5.98. The van der Waals surface area contributed by atoms with Crippen LogP contribution in [0.15, 0.2) is 60.7 Å². The highest BCUT2D eigenvalue weighted by atomic mass is 16.5. The third kappa shape index (κ3) is 3.54. The van der Waals surface area contributed by atoms with Crippen molar-refractivity contribution in [2.45, 2.75) is 32.1 Å². The summed E-state index contributed by atoms with van der Waals surface area (Å²) in [6, 6.07) is 20.2. The summed E-state index contributed by atoms with van der Waals surface area (Å²) in [6.07, 6.45) is 1.09. The number of aryl methyl sites for hydroxylation is 1. The zero-order valence-electron chi connectivity index (χ0n) is 17.9. The number of Topliss-reactive ketones (excluding diaryl/α,β-unsaturated/α-hetero) is 1. The smallest absolute Gasteiger partial charge is 0.166 e. The first-order chi connectivity index (χ1) is 14.4. The normalized spacial score (nSPS) is 13.6. The SMILES string of the molecule is COc1ccc(C(=O)CCc2ccc3c(c2)Nc2ccccc2C3(C)C)c(OC)c1. The second kappa shape index (κ2) is 7.86. The molecule has 3 aromatic rings. The Hall–Kier alpha value is -3.27. The first kappa shape index (κ1) is 20.0. The molecule has 1 N–H and O–H groups in total. The van der Waals surface area contributed by atoms with E-state index in [1.807, 2.05) is 0 Å².